The van der Waals surface area contributed by atoms with E-state index in [2.05, 4.69) is 39.7 Å². The van der Waals surface area contributed by atoms with E-state index in [1.807, 2.05) is 54.6 Å². The van der Waals surface area contributed by atoms with Crippen molar-refractivity contribution >= 4 is 40.4 Å². The molecule has 1 amide bonds. The van der Waals surface area contributed by atoms with Crippen molar-refractivity contribution in [1.29, 1.82) is 5.41 Å². The van der Waals surface area contributed by atoms with E-state index < -0.39 is 12.0 Å². The molecule has 4 N–H and O–H groups in total. The Bertz CT molecular complexity index is 1060. The molecule has 35 heavy (non-hydrogen) atoms. The number of nitrogens with one attached hydrogen (secondary N) is 2. The maximum atomic E-state index is 12.8. The number of rotatable bonds is 8. The summed E-state index contributed by atoms with van der Waals surface area (Å²) in [5.74, 6) is 5.78. The lowest BCUT2D eigenvalue weighted by Crippen LogP contribution is -2.47. The number of nitrogens with two attached hydrogens (primary N) is 1. The van der Waals surface area contributed by atoms with Gasteiger partial charge in [-0.25, -0.2) is 4.79 Å². The third kappa shape index (κ3) is 8.91. The zero-order valence-electron chi connectivity index (χ0n) is 19.6. The molecule has 2 atom stereocenters. The van der Waals surface area contributed by atoms with Gasteiger partial charge in [0.05, 0.1) is 0 Å². The van der Waals surface area contributed by atoms with Crippen LogP contribution < -0.4 is 11.1 Å². The van der Waals surface area contributed by atoms with Crippen molar-refractivity contribution < 1.29 is 14.3 Å². The Balaban J connectivity index is 1.62. The van der Waals surface area contributed by atoms with Crippen LogP contribution in [-0.4, -0.2) is 52.9 Å². The number of carbonyl (C=O) groups is 2. The van der Waals surface area contributed by atoms with E-state index in [9.17, 15) is 9.59 Å². The molecule has 0 saturated carbocycles. The summed E-state index contributed by atoms with van der Waals surface area (Å²) in [6, 6.07) is 16.7. The fraction of sp³-hybridized carbons (Fsp3) is 0.370. The van der Waals surface area contributed by atoms with Crippen LogP contribution in [0.25, 0.3) is 0 Å². The Hall–Kier alpha value is -3.06. The number of halogens is 1. The fourth-order valence-corrected chi connectivity index (χ4v) is 4.24. The molecule has 1 saturated heterocycles. The normalized spacial score (nSPS) is 15.9. The van der Waals surface area contributed by atoms with E-state index in [0.29, 0.717) is 24.0 Å². The van der Waals surface area contributed by atoms with Gasteiger partial charge in [-0.05, 0) is 48.6 Å². The number of alkyl halides is 1. The van der Waals surface area contributed by atoms with Gasteiger partial charge in [-0.2, -0.15) is 0 Å². The van der Waals surface area contributed by atoms with Crippen LogP contribution in [0.15, 0.2) is 54.6 Å². The summed E-state index contributed by atoms with van der Waals surface area (Å²) in [5.41, 5.74) is 8.34. The van der Waals surface area contributed by atoms with Crippen molar-refractivity contribution in [3.05, 3.63) is 71.3 Å². The molecular formula is C27H31IN4O3. The minimum atomic E-state index is -0.765. The number of ether oxygens (including phenoxy) is 1. The van der Waals surface area contributed by atoms with E-state index in [0.717, 1.165) is 36.1 Å². The number of piperidine rings is 1. The van der Waals surface area contributed by atoms with Crippen LogP contribution in [0.5, 0.6) is 0 Å². The van der Waals surface area contributed by atoms with E-state index in [1.165, 1.54) is 0 Å². The molecule has 0 radical (unpaired) electrons. The lowest BCUT2D eigenvalue weighted by atomic mass is 9.94. The second-order valence-electron chi connectivity index (χ2n) is 8.54. The van der Waals surface area contributed by atoms with Gasteiger partial charge in [-0.1, -0.05) is 64.8 Å². The minimum Gasteiger partial charge on any atom is -0.463 e. The van der Waals surface area contributed by atoms with Gasteiger partial charge in [0, 0.05) is 41.5 Å². The molecule has 184 valence electrons. The van der Waals surface area contributed by atoms with Gasteiger partial charge in [0.25, 0.3) is 0 Å². The highest BCUT2D eigenvalue weighted by molar-refractivity contribution is 14.1. The van der Waals surface area contributed by atoms with E-state index in [-0.39, 0.29) is 24.2 Å². The third-order valence-corrected chi connectivity index (χ3v) is 6.23. The second-order valence-corrected chi connectivity index (χ2v) is 9.62. The lowest BCUT2D eigenvalue weighted by molar-refractivity contribution is -0.147. The molecule has 0 aliphatic carbocycles. The average molecular weight is 586 g/mol. The SMILES string of the molecule is N=C(N)N1CCC[C@H](CC(=O)N[C@@H](Cc2ccc(C#Cc3ccccc3)cc2)C(=O)OCCI)C1. The summed E-state index contributed by atoms with van der Waals surface area (Å²) in [5, 5.41) is 10.5. The molecule has 0 spiro atoms. The van der Waals surface area contributed by atoms with Gasteiger partial charge >= 0.3 is 5.97 Å². The molecule has 2 aromatic carbocycles. The first-order valence-corrected chi connectivity index (χ1v) is 13.2. The smallest absolute Gasteiger partial charge is 0.329 e. The van der Waals surface area contributed by atoms with Gasteiger partial charge in [-0.15, -0.1) is 0 Å². The third-order valence-electron chi connectivity index (χ3n) is 5.79. The highest BCUT2D eigenvalue weighted by Gasteiger charge is 2.27. The van der Waals surface area contributed by atoms with Crippen molar-refractivity contribution in [3.63, 3.8) is 0 Å². The highest BCUT2D eigenvalue weighted by atomic mass is 127. The summed E-state index contributed by atoms with van der Waals surface area (Å²) in [6.07, 6.45) is 2.40. The molecule has 1 fully saturated rings. The Morgan fingerprint density at radius 1 is 1.14 bits per heavy atom. The number of hydrogen-bond acceptors (Lipinski definition) is 4. The number of benzene rings is 2. The Labute approximate surface area is 220 Å². The van der Waals surface area contributed by atoms with Crippen LogP contribution in [-0.2, 0) is 20.7 Å². The Morgan fingerprint density at radius 3 is 2.49 bits per heavy atom. The van der Waals surface area contributed by atoms with E-state index >= 15 is 0 Å². The molecule has 8 heteroatoms. The quantitative estimate of drug-likeness (QED) is 0.110. The van der Waals surface area contributed by atoms with Crippen LogP contribution >= 0.6 is 22.6 Å². The first-order chi connectivity index (χ1) is 16.9. The molecule has 1 aliphatic heterocycles. The number of likely N-dealkylation sites (tertiary alicyclic amines) is 1. The highest BCUT2D eigenvalue weighted by Crippen LogP contribution is 2.19. The van der Waals surface area contributed by atoms with Crippen LogP contribution in [0.4, 0.5) is 0 Å². The topological polar surface area (TPSA) is 109 Å². The molecule has 2 aromatic rings. The standard InChI is InChI=1S/C27H31IN4O3/c28-14-16-35-26(34)24(31-25(33)18-23-7-4-15-32(19-23)27(29)30)17-22-12-10-21(11-13-22)9-8-20-5-2-1-3-6-20/h1-3,5-6,10-13,23-24H,4,7,14-19H2,(H3,29,30)(H,31,33)/t23-,24+/m1/s1. The second kappa shape index (κ2) is 13.7. The largest absolute Gasteiger partial charge is 0.463 e. The maximum Gasteiger partial charge on any atom is 0.329 e. The lowest BCUT2D eigenvalue weighted by Gasteiger charge is -2.32. The summed E-state index contributed by atoms with van der Waals surface area (Å²) in [6.45, 7) is 1.62. The molecule has 7 nitrogen and oxygen atoms in total. The summed E-state index contributed by atoms with van der Waals surface area (Å²) >= 11 is 2.14. The van der Waals surface area contributed by atoms with Crippen LogP contribution in [0.2, 0.25) is 0 Å². The molecule has 0 aromatic heterocycles. The first-order valence-electron chi connectivity index (χ1n) is 11.7. The fourth-order valence-electron chi connectivity index (χ4n) is 4.02. The number of esters is 1. The van der Waals surface area contributed by atoms with Crippen molar-refractivity contribution in [3.8, 4) is 11.8 Å². The molecular weight excluding hydrogens is 555 g/mol. The summed E-state index contributed by atoms with van der Waals surface area (Å²) in [7, 11) is 0. The Morgan fingerprint density at radius 2 is 1.83 bits per heavy atom. The van der Waals surface area contributed by atoms with Crippen molar-refractivity contribution in [2.24, 2.45) is 11.7 Å². The summed E-state index contributed by atoms with van der Waals surface area (Å²) < 4.78 is 6.02. The summed E-state index contributed by atoms with van der Waals surface area (Å²) in [4.78, 5) is 27.3. The molecule has 0 unspecified atom stereocenters. The molecule has 0 bridgehead atoms. The number of nitrogens with zero attached hydrogens (tertiary/aromatic N) is 1. The average Bonchev–Trinajstić information content (AvgIpc) is 2.87. The van der Waals surface area contributed by atoms with Crippen molar-refractivity contribution in [1.82, 2.24) is 10.2 Å². The number of carbonyl (C=O) groups excluding carboxylic acids is 2. The van der Waals surface area contributed by atoms with E-state index in [1.54, 1.807) is 4.90 Å². The van der Waals surface area contributed by atoms with Gasteiger partial charge < -0.3 is 20.7 Å². The minimum absolute atomic E-state index is 0.0345. The molecule has 1 heterocycles. The number of hydrogen-bond donors (Lipinski definition) is 3. The number of guanidine groups is 1. The predicted molar refractivity (Wildman–Crippen MR) is 145 cm³/mol. The van der Waals surface area contributed by atoms with Crippen LogP contribution in [0.1, 0.15) is 36.0 Å². The zero-order chi connectivity index (χ0) is 25.0. The maximum absolute atomic E-state index is 12.8. The predicted octanol–water partition coefficient (Wildman–Crippen LogP) is 3.09. The van der Waals surface area contributed by atoms with Gasteiger partial charge in [0.15, 0.2) is 5.96 Å². The van der Waals surface area contributed by atoms with Crippen LogP contribution in [0, 0.1) is 23.2 Å². The Kier molecular flexibility index (Phi) is 10.4. The van der Waals surface area contributed by atoms with Crippen molar-refractivity contribution in [2.45, 2.75) is 31.7 Å². The van der Waals surface area contributed by atoms with Gasteiger partial charge in [0.1, 0.15) is 12.6 Å². The molecule has 1 aliphatic rings. The van der Waals surface area contributed by atoms with Gasteiger partial charge in [0.2, 0.25) is 5.91 Å². The van der Waals surface area contributed by atoms with Crippen molar-refractivity contribution in [2.75, 3.05) is 24.1 Å². The van der Waals surface area contributed by atoms with Crippen LogP contribution in [0.3, 0.4) is 0 Å². The zero-order valence-corrected chi connectivity index (χ0v) is 21.8. The molecule has 3 rings (SSSR count). The number of amides is 1. The van der Waals surface area contributed by atoms with E-state index in [4.69, 9.17) is 15.9 Å². The first kappa shape index (κ1) is 26.5. The van der Waals surface area contributed by atoms with Gasteiger partial charge in [-0.3, -0.25) is 10.2 Å². The monoisotopic (exact) mass is 586 g/mol.